The van der Waals surface area contributed by atoms with Gasteiger partial charge in [-0.3, -0.25) is 5.32 Å². The molecular weight excluding hydrogens is 404 g/mol. The zero-order chi connectivity index (χ0) is 20.6. The second-order valence-corrected chi connectivity index (χ2v) is 10.0. The Morgan fingerprint density at radius 2 is 1.38 bits per heavy atom. The van der Waals surface area contributed by atoms with Crippen molar-refractivity contribution in [1.29, 1.82) is 0 Å². The maximum absolute atomic E-state index is 13.7. The predicted molar refractivity (Wildman–Crippen MR) is 116 cm³/mol. The van der Waals surface area contributed by atoms with E-state index in [2.05, 4.69) is 5.32 Å². The number of aryl methyl sites for hydroxylation is 1. The Bertz CT molecular complexity index is 1080. The monoisotopic (exact) mass is 426 g/mol. The van der Waals surface area contributed by atoms with Gasteiger partial charge in [0.05, 0.1) is 17.0 Å². The van der Waals surface area contributed by atoms with E-state index in [0.29, 0.717) is 0 Å². The van der Waals surface area contributed by atoms with Crippen LogP contribution in [-0.2, 0) is 10.0 Å². The Kier molecular flexibility index (Phi) is 5.25. The summed E-state index contributed by atoms with van der Waals surface area (Å²) in [6.07, 6.45) is 0. The largest absolute Gasteiger partial charge is 0.277 e. The lowest BCUT2D eigenvalue weighted by Crippen LogP contribution is -2.47. The van der Waals surface area contributed by atoms with Crippen molar-refractivity contribution in [2.24, 2.45) is 0 Å². The molecule has 150 valence electrons. The van der Waals surface area contributed by atoms with Gasteiger partial charge in [0, 0.05) is 0 Å². The van der Waals surface area contributed by atoms with E-state index in [9.17, 15) is 8.42 Å². The summed E-state index contributed by atoms with van der Waals surface area (Å²) >= 11 is 6.82. The molecule has 3 aromatic rings. The fraction of sp³-hybridized carbons (Fsp3) is 0.217. The summed E-state index contributed by atoms with van der Waals surface area (Å²) in [5.74, 6) is 0. The molecule has 6 heteroatoms. The van der Waals surface area contributed by atoms with Crippen LogP contribution in [0.25, 0.3) is 0 Å². The van der Waals surface area contributed by atoms with Gasteiger partial charge in [0.15, 0.2) is 5.12 Å². The highest BCUT2D eigenvalue weighted by atomic mass is 35.5. The summed E-state index contributed by atoms with van der Waals surface area (Å²) in [7, 11) is -3.86. The molecule has 0 unspecified atom stereocenters. The number of rotatable bonds is 4. The van der Waals surface area contributed by atoms with E-state index in [1.54, 1.807) is 31.2 Å². The maximum Gasteiger partial charge on any atom is 0.246 e. The molecule has 0 radical (unpaired) electrons. The number of benzene rings is 3. The van der Waals surface area contributed by atoms with Crippen molar-refractivity contribution in [3.8, 4) is 0 Å². The first kappa shape index (κ1) is 20.1. The van der Waals surface area contributed by atoms with Crippen molar-refractivity contribution >= 4 is 21.6 Å². The second-order valence-electron chi connectivity index (χ2n) is 7.46. The summed E-state index contributed by atoms with van der Waals surface area (Å²) < 4.78 is 28.8. The zero-order valence-electron chi connectivity index (χ0n) is 16.3. The third-order valence-corrected chi connectivity index (χ3v) is 7.65. The molecule has 4 nitrogen and oxygen atoms in total. The van der Waals surface area contributed by atoms with Crippen LogP contribution in [0.1, 0.15) is 35.7 Å². The minimum Gasteiger partial charge on any atom is -0.277 e. The van der Waals surface area contributed by atoms with E-state index in [-0.39, 0.29) is 10.9 Å². The molecule has 1 fully saturated rings. The summed E-state index contributed by atoms with van der Waals surface area (Å²) in [5.41, 5.74) is 2.86. The molecule has 1 aliphatic heterocycles. The fourth-order valence-electron chi connectivity index (χ4n) is 3.93. The highest BCUT2D eigenvalue weighted by molar-refractivity contribution is 7.89. The van der Waals surface area contributed by atoms with Crippen LogP contribution in [0, 0.1) is 6.92 Å². The van der Waals surface area contributed by atoms with Gasteiger partial charge >= 0.3 is 0 Å². The molecule has 0 saturated carbocycles. The SMILES string of the molecule is Cc1ccc(S(=O)(=O)N2[C@@H](c3ccccc3)[C@H](c3ccccc3)N[C@]2(C)Cl)cc1. The minimum atomic E-state index is -3.86. The number of nitrogens with one attached hydrogen (secondary N) is 1. The van der Waals surface area contributed by atoms with Crippen LogP contribution >= 0.6 is 11.6 Å². The molecule has 0 amide bonds. The van der Waals surface area contributed by atoms with Crippen molar-refractivity contribution in [3.05, 3.63) is 102 Å². The molecule has 0 bridgehead atoms. The van der Waals surface area contributed by atoms with Crippen LogP contribution in [0.2, 0.25) is 0 Å². The Morgan fingerprint density at radius 3 is 1.93 bits per heavy atom. The lowest BCUT2D eigenvalue weighted by molar-refractivity contribution is 0.295. The molecule has 0 aliphatic carbocycles. The first-order valence-corrected chi connectivity index (χ1v) is 11.3. The quantitative estimate of drug-likeness (QED) is 0.472. The van der Waals surface area contributed by atoms with Gasteiger partial charge in [-0.05, 0) is 37.1 Å². The van der Waals surface area contributed by atoms with Crippen LogP contribution in [-0.4, -0.2) is 17.8 Å². The van der Waals surface area contributed by atoms with Crippen LogP contribution in [0.15, 0.2) is 89.8 Å². The van der Waals surface area contributed by atoms with E-state index < -0.39 is 21.2 Å². The smallest absolute Gasteiger partial charge is 0.246 e. The van der Waals surface area contributed by atoms with E-state index >= 15 is 0 Å². The van der Waals surface area contributed by atoms with Gasteiger partial charge in [0.1, 0.15) is 0 Å². The Morgan fingerprint density at radius 1 is 0.862 bits per heavy atom. The maximum atomic E-state index is 13.7. The number of alkyl halides is 1. The van der Waals surface area contributed by atoms with Crippen LogP contribution in [0.3, 0.4) is 0 Å². The highest BCUT2D eigenvalue weighted by Gasteiger charge is 2.54. The fourth-order valence-corrected chi connectivity index (χ4v) is 6.17. The van der Waals surface area contributed by atoms with Gasteiger partial charge in [-0.25, -0.2) is 8.42 Å². The average Bonchev–Trinajstić information content (AvgIpc) is 3.01. The van der Waals surface area contributed by atoms with Gasteiger partial charge in [-0.1, -0.05) is 90.0 Å². The van der Waals surface area contributed by atoms with Gasteiger partial charge in [0.25, 0.3) is 0 Å². The van der Waals surface area contributed by atoms with Crippen LogP contribution < -0.4 is 5.32 Å². The Labute approximate surface area is 177 Å². The number of hydrogen-bond acceptors (Lipinski definition) is 3. The Hall–Kier alpha value is -2.18. The first-order valence-electron chi connectivity index (χ1n) is 9.48. The molecule has 1 saturated heterocycles. The molecular formula is C23H23ClN2O2S. The van der Waals surface area contributed by atoms with E-state index in [1.807, 2.05) is 67.6 Å². The van der Waals surface area contributed by atoms with Gasteiger partial charge in [-0.2, -0.15) is 4.31 Å². The lowest BCUT2D eigenvalue weighted by atomic mass is 9.95. The third kappa shape index (κ3) is 3.71. The number of sulfonamides is 1. The van der Waals surface area contributed by atoms with Crippen molar-refractivity contribution in [2.75, 3.05) is 0 Å². The number of halogens is 1. The number of nitrogens with zero attached hydrogens (tertiary/aromatic N) is 1. The van der Waals surface area contributed by atoms with Crippen molar-refractivity contribution in [2.45, 2.75) is 35.9 Å². The van der Waals surface area contributed by atoms with Gasteiger partial charge in [0.2, 0.25) is 10.0 Å². The lowest BCUT2D eigenvalue weighted by Gasteiger charge is -2.32. The summed E-state index contributed by atoms with van der Waals surface area (Å²) in [6, 6.07) is 25.5. The van der Waals surface area contributed by atoms with Gasteiger partial charge < -0.3 is 0 Å². The van der Waals surface area contributed by atoms with Crippen molar-refractivity contribution in [3.63, 3.8) is 0 Å². The summed E-state index contributed by atoms with van der Waals surface area (Å²) in [5, 5.41) is 2.06. The predicted octanol–water partition coefficient (Wildman–Crippen LogP) is 4.98. The molecule has 4 rings (SSSR count). The van der Waals surface area contributed by atoms with E-state index in [4.69, 9.17) is 11.6 Å². The summed E-state index contributed by atoms with van der Waals surface area (Å²) in [6.45, 7) is 3.62. The number of hydrogen-bond donors (Lipinski definition) is 1. The average molecular weight is 427 g/mol. The molecule has 1 N–H and O–H groups in total. The molecule has 29 heavy (non-hydrogen) atoms. The molecule has 3 atom stereocenters. The van der Waals surface area contributed by atoms with E-state index in [0.717, 1.165) is 16.7 Å². The van der Waals surface area contributed by atoms with Crippen LogP contribution in [0.4, 0.5) is 0 Å². The van der Waals surface area contributed by atoms with Crippen LogP contribution in [0.5, 0.6) is 0 Å². The molecule has 1 heterocycles. The standard InChI is InChI=1S/C23H23ClN2O2S/c1-17-13-15-20(16-14-17)29(27,28)26-22(19-11-7-4-8-12-19)21(25-23(26,2)24)18-9-5-3-6-10-18/h3-16,21-22,25H,1-2H3/t21-,22-,23-/m0/s1. The minimum absolute atomic E-state index is 0.228. The normalized spacial score (nSPS) is 25.2. The highest BCUT2D eigenvalue weighted by Crippen LogP contribution is 2.49. The molecule has 1 aliphatic rings. The first-order chi connectivity index (χ1) is 13.8. The second kappa shape index (κ2) is 7.58. The van der Waals surface area contributed by atoms with Crippen molar-refractivity contribution in [1.82, 2.24) is 9.62 Å². The van der Waals surface area contributed by atoms with E-state index in [1.165, 1.54) is 4.31 Å². The molecule has 3 aromatic carbocycles. The summed E-state index contributed by atoms with van der Waals surface area (Å²) in [4.78, 5) is 0.228. The molecule has 0 aromatic heterocycles. The topological polar surface area (TPSA) is 49.4 Å². The zero-order valence-corrected chi connectivity index (χ0v) is 17.9. The molecule has 0 spiro atoms. The van der Waals surface area contributed by atoms with Crippen molar-refractivity contribution < 1.29 is 8.42 Å². The van der Waals surface area contributed by atoms with Gasteiger partial charge in [-0.15, -0.1) is 0 Å². The third-order valence-electron chi connectivity index (χ3n) is 5.28. The Balaban J connectivity index is 1.89.